The number of ether oxygens (including phenoxy) is 4. The lowest BCUT2D eigenvalue weighted by molar-refractivity contribution is -0.359. The molecule has 2 fully saturated rings. The van der Waals surface area contributed by atoms with E-state index in [4.69, 9.17) is 18.9 Å². The van der Waals surface area contributed by atoms with Gasteiger partial charge in [0.25, 0.3) is 0 Å². The van der Waals surface area contributed by atoms with Crippen LogP contribution in [0.4, 0.5) is 0 Å². The SMILES string of the molecule is CC/C=C\C/C=C\C/C=C\C/C=C\CCCCCCC(=O)NC(COC1OC(CO)C(OC2OC(CO)C(O)C(O)C2O)C(O)C1O)C(O)/C=C/CC/C=C/CCCCCCCCCCCCCCC. The smallest absolute Gasteiger partial charge is 0.220 e. The lowest BCUT2D eigenvalue weighted by atomic mass is 9.97. The molecule has 0 aromatic rings. The second-order valence-electron chi connectivity index (χ2n) is 19.0. The van der Waals surface area contributed by atoms with Crippen molar-refractivity contribution < 1.29 is 64.6 Å². The van der Waals surface area contributed by atoms with Gasteiger partial charge in [-0.05, 0) is 70.6 Å². The van der Waals surface area contributed by atoms with E-state index >= 15 is 0 Å². The van der Waals surface area contributed by atoms with Crippen molar-refractivity contribution in [3.05, 3.63) is 72.9 Å². The molecule has 2 aliphatic heterocycles. The zero-order chi connectivity index (χ0) is 51.0. The summed E-state index contributed by atoms with van der Waals surface area (Å²) < 4.78 is 22.7. The molecule has 2 saturated heterocycles. The van der Waals surface area contributed by atoms with Crippen LogP contribution >= 0.6 is 0 Å². The quantitative estimate of drug-likeness (QED) is 0.0209. The van der Waals surface area contributed by atoms with Gasteiger partial charge in [-0.15, -0.1) is 0 Å². The van der Waals surface area contributed by atoms with E-state index in [0.29, 0.717) is 12.8 Å². The van der Waals surface area contributed by atoms with Gasteiger partial charge in [-0.3, -0.25) is 4.79 Å². The molecular weight excluding hydrogens is 895 g/mol. The number of aliphatic hydroxyl groups excluding tert-OH is 8. The minimum absolute atomic E-state index is 0.242. The van der Waals surface area contributed by atoms with Gasteiger partial charge in [0.15, 0.2) is 12.6 Å². The summed E-state index contributed by atoms with van der Waals surface area (Å²) in [6.45, 7) is 2.63. The van der Waals surface area contributed by atoms with Crippen LogP contribution in [0.3, 0.4) is 0 Å². The molecule has 404 valence electrons. The van der Waals surface area contributed by atoms with E-state index in [1.54, 1.807) is 6.08 Å². The second kappa shape index (κ2) is 41.9. The Morgan fingerprint density at radius 2 is 1.00 bits per heavy atom. The molecule has 12 unspecified atom stereocenters. The zero-order valence-electron chi connectivity index (χ0n) is 43.0. The maximum atomic E-state index is 13.2. The Morgan fingerprint density at radius 3 is 1.57 bits per heavy atom. The van der Waals surface area contributed by atoms with Gasteiger partial charge < -0.3 is 65.1 Å². The predicted octanol–water partition coefficient (Wildman–Crippen LogP) is 7.99. The molecular formula is C56H97NO13. The maximum absolute atomic E-state index is 13.2. The van der Waals surface area contributed by atoms with Crippen molar-refractivity contribution >= 4 is 5.91 Å². The number of carbonyl (C=O) groups is 1. The van der Waals surface area contributed by atoms with E-state index in [1.165, 1.54) is 83.5 Å². The first kappa shape index (κ1) is 63.5. The van der Waals surface area contributed by atoms with E-state index < -0.39 is 86.8 Å². The molecule has 1 amide bonds. The fourth-order valence-electron chi connectivity index (χ4n) is 8.47. The van der Waals surface area contributed by atoms with Crippen molar-refractivity contribution in [3.8, 4) is 0 Å². The van der Waals surface area contributed by atoms with E-state index in [1.807, 2.05) is 6.08 Å². The molecule has 2 aliphatic rings. The highest BCUT2D eigenvalue weighted by molar-refractivity contribution is 5.76. The Bertz CT molecular complexity index is 1450. The minimum atomic E-state index is -1.80. The Labute approximate surface area is 421 Å². The van der Waals surface area contributed by atoms with Crippen molar-refractivity contribution in [1.29, 1.82) is 0 Å². The van der Waals surface area contributed by atoms with Crippen LogP contribution in [-0.2, 0) is 23.7 Å². The molecule has 12 atom stereocenters. The lowest BCUT2D eigenvalue weighted by Gasteiger charge is -2.46. The molecule has 2 rings (SSSR count). The molecule has 14 nitrogen and oxygen atoms in total. The van der Waals surface area contributed by atoms with Gasteiger partial charge in [-0.1, -0.05) is 177 Å². The first-order valence-corrected chi connectivity index (χ1v) is 27.2. The van der Waals surface area contributed by atoms with E-state index in [-0.39, 0.29) is 18.9 Å². The van der Waals surface area contributed by atoms with Crippen LogP contribution in [0, 0.1) is 0 Å². The number of allylic oxidation sites excluding steroid dienone is 11. The molecule has 0 bridgehead atoms. The highest BCUT2D eigenvalue weighted by atomic mass is 16.7. The summed E-state index contributed by atoms with van der Waals surface area (Å²) in [7, 11) is 0. The monoisotopic (exact) mass is 992 g/mol. The second-order valence-corrected chi connectivity index (χ2v) is 19.0. The molecule has 0 saturated carbocycles. The van der Waals surface area contributed by atoms with Crippen LogP contribution < -0.4 is 5.32 Å². The number of unbranched alkanes of at least 4 members (excludes halogenated alkanes) is 18. The lowest BCUT2D eigenvalue weighted by Crippen LogP contribution is -2.65. The third-order valence-corrected chi connectivity index (χ3v) is 12.9. The van der Waals surface area contributed by atoms with E-state index in [2.05, 4.69) is 79.9 Å². The molecule has 0 radical (unpaired) electrons. The number of nitrogens with one attached hydrogen (secondary N) is 1. The highest BCUT2D eigenvalue weighted by Gasteiger charge is 2.51. The van der Waals surface area contributed by atoms with Crippen molar-refractivity contribution in [3.63, 3.8) is 0 Å². The number of amides is 1. The van der Waals surface area contributed by atoms with Crippen LogP contribution in [0.1, 0.15) is 181 Å². The van der Waals surface area contributed by atoms with Crippen molar-refractivity contribution in [2.45, 2.75) is 254 Å². The Morgan fingerprint density at radius 1 is 0.529 bits per heavy atom. The van der Waals surface area contributed by atoms with Gasteiger partial charge in [-0.25, -0.2) is 0 Å². The summed E-state index contributed by atoms with van der Waals surface area (Å²) in [4.78, 5) is 13.2. The predicted molar refractivity (Wildman–Crippen MR) is 277 cm³/mol. The van der Waals surface area contributed by atoms with Crippen LogP contribution in [-0.4, -0.2) is 140 Å². The fourth-order valence-corrected chi connectivity index (χ4v) is 8.47. The average Bonchev–Trinajstić information content (AvgIpc) is 3.36. The van der Waals surface area contributed by atoms with Gasteiger partial charge in [-0.2, -0.15) is 0 Å². The Balaban J connectivity index is 1.85. The third-order valence-electron chi connectivity index (χ3n) is 12.9. The largest absolute Gasteiger partial charge is 0.394 e. The molecule has 2 heterocycles. The molecule has 0 aromatic carbocycles. The number of hydrogen-bond donors (Lipinski definition) is 9. The summed E-state index contributed by atoms with van der Waals surface area (Å²) in [6.07, 6.45) is 36.5. The van der Waals surface area contributed by atoms with Crippen LogP contribution in [0.15, 0.2) is 72.9 Å². The van der Waals surface area contributed by atoms with Gasteiger partial charge in [0, 0.05) is 6.42 Å². The van der Waals surface area contributed by atoms with E-state index in [0.717, 1.165) is 64.2 Å². The normalized spacial score (nSPS) is 26.5. The minimum Gasteiger partial charge on any atom is -0.394 e. The molecule has 70 heavy (non-hydrogen) atoms. The summed E-state index contributed by atoms with van der Waals surface area (Å²) >= 11 is 0. The van der Waals surface area contributed by atoms with Gasteiger partial charge in [0.1, 0.15) is 48.8 Å². The summed E-state index contributed by atoms with van der Waals surface area (Å²) in [5, 5.41) is 86.9. The molecule has 0 spiro atoms. The first-order valence-electron chi connectivity index (χ1n) is 27.2. The maximum Gasteiger partial charge on any atom is 0.220 e. The Hall–Kier alpha value is -2.57. The number of rotatable bonds is 41. The third kappa shape index (κ3) is 28.0. The number of aliphatic hydroxyl groups is 8. The molecule has 0 aliphatic carbocycles. The van der Waals surface area contributed by atoms with Crippen molar-refractivity contribution in [1.82, 2.24) is 5.32 Å². The van der Waals surface area contributed by atoms with E-state index in [9.17, 15) is 45.6 Å². The summed E-state index contributed by atoms with van der Waals surface area (Å²) in [5.41, 5.74) is 0. The van der Waals surface area contributed by atoms with Crippen molar-refractivity contribution in [2.24, 2.45) is 0 Å². The standard InChI is InChI=1S/C56H97NO13/c1-3-5-7-9-11-13-15-17-19-21-22-24-25-27-29-31-33-35-37-39-45(60)44(57-48(61)40-38-36-34-32-30-28-26-23-20-18-16-14-12-10-8-6-4-2)43-67-55-53(66)51(64)54(47(42-59)69-55)70-56-52(65)50(63)49(62)46(41-58)68-56/h6,8,12,14,18,20,26,28-29,31,37,39,44-47,49-56,58-60,62-66H,3-5,7,9-11,13,15-17,19,21-25,27,30,32-36,38,40-43H2,1-2H3,(H,57,61)/b8-6-,14-12-,20-18-,28-26-,31-29+,39-37+. The topological polar surface area (TPSA) is 228 Å². The summed E-state index contributed by atoms with van der Waals surface area (Å²) in [5.74, 6) is -0.275. The molecule has 9 N–H and O–H groups in total. The Kier molecular flexibility index (Phi) is 38.0. The average molecular weight is 992 g/mol. The van der Waals surface area contributed by atoms with Crippen LogP contribution in [0.5, 0.6) is 0 Å². The van der Waals surface area contributed by atoms with Crippen LogP contribution in [0.2, 0.25) is 0 Å². The molecule has 14 heteroatoms. The molecule has 0 aromatic heterocycles. The van der Waals surface area contributed by atoms with Crippen molar-refractivity contribution in [2.75, 3.05) is 19.8 Å². The van der Waals surface area contributed by atoms with Crippen LogP contribution in [0.25, 0.3) is 0 Å². The fraction of sp³-hybridized carbons (Fsp3) is 0.768. The van der Waals surface area contributed by atoms with Gasteiger partial charge >= 0.3 is 0 Å². The summed E-state index contributed by atoms with van der Waals surface area (Å²) in [6, 6.07) is -0.948. The van der Waals surface area contributed by atoms with Gasteiger partial charge in [0.2, 0.25) is 5.91 Å². The van der Waals surface area contributed by atoms with Gasteiger partial charge in [0.05, 0.1) is 32.0 Å². The number of hydrogen-bond acceptors (Lipinski definition) is 13. The number of carbonyl (C=O) groups excluding carboxylic acids is 1. The zero-order valence-corrected chi connectivity index (χ0v) is 43.0. The highest BCUT2D eigenvalue weighted by Crippen LogP contribution is 2.30. The first-order chi connectivity index (χ1) is 34.1.